The number of fused-ring (bicyclic) bond motifs is 1. The summed E-state index contributed by atoms with van der Waals surface area (Å²) in [4.78, 5) is 29.4. The molecule has 1 N–H and O–H groups in total. The van der Waals surface area contributed by atoms with E-state index in [-0.39, 0.29) is 24.2 Å². The lowest BCUT2D eigenvalue weighted by atomic mass is 10.2. The minimum atomic E-state index is -0.573. The number of benzene rings is 2. The molecule has 1 heterocycles. The van der Waals surface area contributed by atoms with Gasteiger partial charge in [0.1, 0.15) is 18.3 Å². The van der Waals surface area contributed by atoms with E-state index in [1.54, 1.807) is 36.0 Å². The Hall–Kier alpha value is -2.28. The van der Waals surface area contributed by atoms with Crippen molar-refractivity contribution >= 4 is 57.7 Å². The second-order valence-corrected chi connectivity index (χ2v) is 7.52. The number of esters is 1. The maximum atomic E-state index is 12.0. The van der Waals surface area contributed by atoms with Gasteiger partial charge in [0, 0.05) is 26.4 Å². The van der Waals surface area contributed by atoms with Gasteiger partial charge in [0.2, 0.25) is 0 Å². The molecule has 28 heavy (non-hydrogen) atoms. The summed E-state index contributed by atoms with van der Waals surface area (Å²) < 4.78 is 5.20. The average molecular weight is 435 g/mol. The Morgan fingerprint density at radius 2 is 1.86 bits per heavy atom. The molecule has 0 fully saturated rings. The lowest BCUT2D eigenvalue weighted by Gasteiger charge is -2.09. The smallest absolute Gasteiger partial charge is 0.325 e. The summed E-state index contributed by atoms with van der Waals surface area (Å²) in [5, 5.41) is 4.22. The molecule has 2 aromatic carbocycles. The van der Waals surface area contributed by atoms with Crippen molar-refractivity contribution in [2.75, 3.05) is 12.8 Å². The Bertz CT molecular complexity index is 1030. The number of ether oxygens (including phenoxy) is 1. The second-order valence-electron chi connectivity index (χ2n) is 5.85. The summed E-state index contributed by atoms with van der Waals surface area (Å²) in [5.74, 6) is -0.958. The first kappa shape index (κ1) is 20.5. The average Bonchev–Trinajstić information content (AvgIpc) is 2.70. The van der Waals surface area contributed by atoms with Crippen molar-refractivity contribution < 1.29 is 14.3 Å². The zero-order valence-corrected chi connectivity index (χ0v) is 17.2. The summed E-state index contributed by atoms with van der Waals surface area (Å²) in [6, 6.07) is 14.1. The first-order chi connectivity index (χ1) is 13.5. The molecule has 3 aromatic rings. The van der Waals surface area contributed by atoms with Gasteiger partial charge in [-0.15, -0.1) is 11.8 Å². The van der Waals surface area contributed by atoms with Crippen molar-refractivity contribution in [2.45, 2.75) is 11.5 Å². The Kier molecular flexibility index (Phi) is 6.78. The van der Waals surface area contributed by atoms with Crippen LogP contribution in [-0.2, 0) is 16.1 Å². The van der Waals surface area contributed by atoms with Crippen LogP contribution in [0.5, 0.6) is 0 Å². The van der Waals surface area contributed by atoms with Gasteiger partial charge >= 0.3 is 5.97 Å². The number of halogens is 2. The number of nitrogens with one attached hydrogen (secondary N) is 1. The fourth-order valence-corrected chi connectivity index (χ4v) is 3.22. The van der Waals surface area contributed by atoms with Crippen LogP contribution in [0.4, 0.5) is 0 Å². The quantitative estimate of drug-likeness (QED) is 0.344. The topological polar surface area (TPSA) is 68.3 Å². The van der Waals surface area contributed by atoms with Crippen molar-refractivity contribution in [3.8, 4) is 0 Å². The number of aromatic nitrogens is 1. The van der Waals surface area contributed by atoms with Crippen LogP contribution in [0.2, 0.25) is 10.2 Å². The van der Waals surface area contributed by atoms with E-state index in [1.807, 2.05) is 30.5 Å². The summed E-state index contributed by atoms with van der Waals surface area (Å²) >= 11 is 13.6. The molecule has 5 nitrogen and oxygen atoms in total. The van der Waals surface area contributed by atoms with E-state index >= 15 is 0 Å². The number of rotatable bonds is 6. The van der Waals surface area contributed by atoms with Gasteiger partial charge in [-0.3, -0.25) is 9.59 Å². The third kappa shape index (κ3) is 5.16. The molecule has 1 amide bonds. The van der Waals surface area contributed by atoms with Gasteiger partial charge in [-0.25, -0.2) is 4.98 Å². The van der Waals surface area contributed by atoms with Crippen LogP contribution in [-0.4, -0.2) is 29.7 Å². The molecule has 0 atom stereocenters. The molecule has 0 aliphatic heterocycles. The van der Waals surface area contributed by atoms with E-state index in [9.17, 15) is 9.59 Å². The van der Waals surface area contributed by atoms with Crippen LogP contribution >= 0.6 is 35.0 Å². The number of amides is 1. The van der Waals surface area contributed by atoms with E-state index in [4.69, 9.17) is 27.9 Å². The molecular formula is C20H16Cl2N2O3S. The van der Waals surface area contributed by atoms with E-state index < -0.39 is 5.97 Å². The minimum Gasteiger partial charge on any atom is -0.459 e. The molecule has 0 saturated heterocycles. The van der Waals surface area contributed by atoms with Crippen LogP contribution in [0, 0.1) is 0 Å². The van der Waals surface area contributed by atoms with Gasteiger partial charge in [-0.1, -0.05) is 29.3 Å². The lowest BCUT2D eigenvalue weighted by molar-refractivity contribution is -0.143. The normalized spacial score (nSPS) is 10.7. The third-order valence-electron chi connectivity index (χ3n) is 3.94. The SMILES string of the molecule is CSc1ccc2cc(COC(=O)CNC(=O)c3ccc(Cl)cc3)c(Cl)nc2c1. The Labute approximate surface area is 176 Å². The number of carbonyl (C=O) groups excluding carboxylic acids is 2. The highest BCUT2D eigenvalue weighted by molar-refractivity contribution is 7.98. The molecule has 144 valence electrons. The highest BCUT2D eigenvalue weighted by Gasteiger charge is 2.11. The maximum Gasteiger partial charge on any atom is 0.325 e. The third-order valence-corrected chi connectivity index (χ3v) is 5.24. The van der Waals surface area contributed by atoms with Crippen LogP contribution in [0.15, 0.2) is 53.4 Å². The van der Waals surface area contributed by atoms with Crippen LogP contribution in [0.1, 0.15) is 15.9 Å². The van der Waals surface area contributed by atoms with Gasteiger partial charge < -0.3 is 10.1 Å². The van der Waals surface area contributed by atoms with Gasteiger partial charge in [0.15, 0.2) is 0 Å². The summed E-state index contributed by atoms with van der Waals surface area (Å²) in [7, 11) is 0. The van der Waals surface area contributed by atoms with E-state index in [1.165, 1.54) is 0 Å². The van der Waals surface area contributed by atoms with Crippen LogP contribution in [0.3, 0.4) is 0 Å². The largest absolute Gasteiger partial charge is 0.459 e. The first-order valence-electron chi connectivity index (χ1n) is 8.29. The Balaban J connectivity index is 1.57. The first-order valence-corrected chi connectivity index (χ1v) is 10.3. The molecule has 0 bridgehead atoms. The highest BCUT2D eigenvalue weighted by Crippen LogP contribution is 2.25. The molecule has 0 aliphatic rings. The summed E-state index contributed by atoms with van der Waals surface area (Å²) in [6.07, 6.45) is 1.99. The molecule has 1 aromatic heterocycles. The maximum absolute atomic E-state index is 12.0. The fourth-order valence-electron chi connectivity index (χ4n) is 2.46. The zero-order valence-electron chi connectivity index (χ0n) is 14.9. The number of nitrogens with zero attached hydrogens (tertiary/aromatic N) is 1. The molecule has 0 aliphatic carbocycles. The highest BCUT2D eigenvalue weighted by atomic mass is 35.5. The van der Waals surface area contributed by atoms with Crippen molar-refractivity contribution in [3.63, 3.8) is 0 Å². The molecule has 0 radical (unpaired) electrons. The number of pyridine rings is 1. The summed E-state index contributed by atoms with van der Waals surface area (Å²) in [6.45, 7) is -0.279. The Morgan fingerprint density at radius 1 is 1.11 bits per heavy atom. The molecule has 3 rings (SSSR count). The van der Waals surface area contributed by atoms with E-state index in [2.05, 4.69) is 10.3 Å². The lowest BCUT2D eigenvalue weighted by Crippen LogP contribution is -2.30. The zero-order chi connectivity index (χ0) is 20.1. The van der Waals surface area contributed by atoms with Crippen molar-refractivity contribution in [1.82, 2.24) is 10.3 Å². The second kappa shape index (κ2) is 9.28. The van der Waals surface area contributed by atoms with Crippen LogP contribution in [0.25, 0.3) is 10.9 Å². The fraction of sp³-hybridized carbons (Fsp3) is 0.150. The van der Waals surface area contributed by atoms with Crippen molar-refractivity contribution in [1.29, 1.82) is 0 Å². The summed E-state index contributed by atoms with van der Waals surface area (Å²) in [5.41, 5.74) is 1.79. The number of carbonyl (C=O) groups is 2. The Morgan fingerprint density at radius 3 is 2.57 bits per heavy atom. The van der Waals surface area contributed by atoms with Gasteiger partial charge in [0.25, 0.3) is 5.91 Å². The number of hydrogen-bond donors (Lipinski definition) is 1. The molecule has 8 heteroatoms. The number of thioether (sulfide) groups is 1. The molecule has 0 spiro atoms. The predicted molar refractivity (Wildman–Crippen MR) is 112 cm³/mol. The standard InChI is InChI=1S/C20H16Cl2N2O3S/c1-28-16-7-4-13-8-14(19(22)24-17(13)9-16)11-27-18(25)10-23-20(26)12-2-5-15(21)6-3-12/h2-9H,10-11H2,1H3,(H,23,26). The monoisotopic (exact) mass is 434 g/mol. The van der Waals surface area contributed by atoms with Crippen LogP contribution < -0.4 is 5.32 Å². The van der Waals surface area contributed by atoms with Gasteiger partial charge in [0.05, 0.1) is 5.52 Å². The van der Waals surface area contributed by atoms with Gasteiger partial charge in [-0.05, 0) is 48.7 Å². The van der Waals surface area contributed by atoms with E-state index in [0.717, 1.165) is 15.8 Å². The van der Waals surface area contributed by atoms with Crippen molar-refractivity contribution in [3.05, 3.63) is 69.8 Å². The van der Waals surface area contributed by atoms with E-state index in [0.29, 0.717) is 16.1 Å². The van der Waals surface area contributed by atoms with Gasteiger partial charge in [-0.2, -0.15) is 0 Å². The molecule has 0 saturated carbocycles. The predicted octanol–water partition coefficient (Wildman–Crippen LogP) is 4.74. The molecule has 0 unspecified atom stereocenters. The minimum absolute atomic E-state index is 0.0261. The molecular weight excluding hydrogens is 419 g/mol. The number of hydrogen-bond acceptors (Lipinski definition) is 5. The van der Waals surface area contributed by atoms with Crippen molar-refractivity contribution in [2.24, 2.45) is 0 Å².